The van der Waals surface area contributed by atoms with Gasteiger partial charge in [-0.2, -0.15) is 0 Å². The van der Waals surface area contributed by atoms with E-state index in [0.717, 1.165) is 9.88 Å². The van der Waals surface area contributed by atoms with Gasteiger partial charge in [-0.25, -0.2) is 9.78 Å². The predicted molar refractivity (Wildman–Crippen MR) is 55.3 cm³/mol. The van der Waals surface area contributed by atoms with Gasteiger partial charge in [0.05, 0.1) is 13.2 Å². The van der Waals surface area contributed by atoms with E-state index in [1.165, 1.54) is 11.3 Å². The van der Waals surface area contributed by atoms with Crippen LogP contribution in [0.15, 0.2) is 6.20 Å². The number of hydrogen-bond acceptors (Lipinski definition) is 5. The molecule has 1 rings (SSSR count). The number of hydrogen-bond donors (Lipinski definition) is 1. The number of aryl methyl sites for hydroxylation is 1. The predicted octanol–water partition coefficient (Wildman–Crippen LogP) is 0.631. The number of nitrogens with zero attached hydrogens (tertiary/aromatic N) is 1. The lowest BCUT2D eigenvalue weighted by Gasteiger charge is -2.01. The molecule has 82 valence electrons. The lowest BCUT2D eigenvalue weighted by Crippen LogP contribution is -2.31. The van der Waals surface area contributed by atoms with Gasteiger partial charge in [0, 0.05) is 11.1 Å². The summed E-state index contributed by atoms with van der Waals surface area (Å²) in [5.41, 5.74) is 0. The Balaban J connectivity index is 2.37. The summed E-state index contributed by atoms with van der Waals surface area (Å²) >= 11 is 1.48. The largest absolute Gasteiger partial charge is 0.459 e. The monoisotopic (exact) mass is 228 g/mol. The number of rotatable bonds is 3. The molecular weight excluding hydrogens is 216 g/mol. The average molecular weight is 228 g/mol. The Morgan fingerprint density at radius 2 is 2.33 bits per heavy atom. The van der Waals surface area contributed by atoms with E-state index >= 15 is 0 Å². The van der Waals surface area contributed by atoms with E-state index in [0.29, 0.717) is 0 Å². The highest BCUT2D eigenvalue weighted by Gasteiger charge is 2.14. The number of carbonyl (C=O) groups excluding carboxylic acids is 2. The summed E-state index contributed by atoms with van der Waals surface area (Å²) in [6.07, 6.45) is 1.72. The molecule has 0 saturated carbocycles. The Bertz CT molecular complexity index is 362. The van der Waals surface area contributed by atoms with Crippen molar-refractivity contribution in [1.29, 1.82) is 0 Å². The fourth-order valence-corrected chi connectivity index (χ4v) is 1.63. The zero-order valence-corrected chi connectivity index (χ0v) is 9.39. The van der Waals surface area contributed by atoms with Crippen LogP contribution in [0.2, 0.25) is 0 Å². The molecule has 6 heteroatoms. The first-order valence-electron chi connectivity index (χ1n) is 4.49. The third kappa shape index (κ3) is 3.67. The SMILES string of the molecule is CCOC(=O)C(=O)NCc1ncc(C)s1. The third-order valence-corrected chi connectivity index (χ3v) is 2.44. The minimum absolute atomic E-state index is 0.197. The van der Waals surface area contributed by atoms with Crippen molar-refractivity contribution in [3.8, 4) is 0 Å². The Labute approximate surface area is 91.5 Å². The molecule has 15 heavy (non-hydrogen) atoms. The zero-order valence-electron chi connectivity index (χ0n) is 8.57. The molecule has 0 aliphatic carbocycles. The van der Waals surface area contributed by atoms with Gasteiger partial charge in [-0.3, -0.25) is 4.79 Å². The van der Waals surface area contributed by atoms with Gasteiger partial charge in [0.15, 0.2) is 0 Å². The summed E-state index contributed by atoms with van der Waals surface area (Å²) in [4.78, 5) is 27.1. The zero-order chi connectivity index (χ0) is 11.3. The van der Waals surface area contributed by atoms with E-state index in [1.54, 1.807) is 13.1 Å². The molecule has 0 fully saturated rings. The van der Waals surface area contributed by atoms with E-state index in [4.69, 9.17) is 0 Å². The average Bonchev–Trinajstić information content (AvgIpc) is 2.61. The van der Waals surface area contributed by atoms with Gasteiger partial charge in [-0.1, -0.05) is 0 Å². The first-order valence-corrected chi connectivity index (χ1v) is 5.31. The van der Waals surface area contributed by atoms with Gasteiger partial charge in [0.25, 0.3) is 0 Å². The summed E-state index contributed by atoms with van der Waals surface area (Å²) in [6.45, 7) is 4.03. The molecule has 0 aliphatic heterocycles. The van der Waals surface area contributed by atoms with Gasteiger partial charge >= 0.3 is 11.9 Å². The molecular formula is C9H12N2O3S. The second kappa shape index (κ2) is 5.45. The molecule has 1 aromatic rings. The maximum atomic E-state index is 11.1. The molecule has 1 N–H and O–H groups in total. The second-order valence-electron chi connectivity index (χ2n) is 2.77. The normalized spacial score (nSPS) is 9.73. The van der Waals surface area contributed by atoms with E-state index in [2.05, 4.69) is 15.0 Å². The van der Waals surface area contributed by atoms with Crippen LogP contribution in [-0.4, -0.2) is 23.5 Å². The van der Waals surface area contributed by atoms with E-state index in [1.807, 2.05) is 6.92 Å². The van der Waals surface area contributed by atoms with Crippen molar-refractivity contribution in [3.63, 3.8) is 0 Å². The van der Waals surface area contributed by atoms with Gasteiger partial charge < -0.3 is 10.1 Å². The van der Waals surface area contributed by atoms with Crippen LogP contribution in [0.1, 0.15) is 16.8 Å². The number of carbonyl (C=O) groups is 2. The Hall–Kier alpha value is -1.43. The molecule has 0 spiro atoms. The summed E-state index contributed by atoms with van der Waals surface area (Å²) in [5, 5.41) is 3.20. The van der Waals surface area contributed by atoms with Crippen LogP contribution < -0.4 is 5.32 Å². The van der Waals surface area contributed by atoms with Crippen LogP contribution in [0.3, 0.4) is 0 Å². The van der Waals surface area contributed by atoms with Crippen LogP contribution in [-0.2, 0) is 20.9 Å². The van der Waals surface area contributed by atoms with Crippen LogP contribution in [0, 0.1) is 6.92 Å². The molecule has 0 saturated heterocycles. The van der Waals surface area contributed by atoms with Crippen molar-refractivity contribution < 1.29 is 14.3 Å². The van der Waals surface area contributed by atoms with Crippen molar-refractivity contribution in [2.45, 2.75) is 20.4 Å². The lowest BCUT2D eigenvalue weighted by molar-refractivity contribution is -0.154. The van der Waals surface area contributed by atoms with Gasteiger partial charge in [0.1, 0.15) is 5.01 Å². The lowest BCUT2D eigenvalue weighted by atomic mass is 10.5. The topological polar surface area (TPSA) is 68.3 Å². The minimum atomic E-state index is -0.856. The van der Waals surface area contributed by atoms with E-state index in [9.17, 15) is 9.59 Å². The smallest absolute Gasteiger partial charge is 0.396 e. The quantitative estimate of drug-likeness (QED) is 0.608. The van der Waals surface area contributed by atoms with E-state index in [-0.39, 0.29) is 13.2 Å². The van der Waals surface area contributed by atoms with Crippen LogP contribution in [0.5, 0.6) is 0 Å². The Kier molecular flexibility index (Phi) is 4.23. The fourth-order valence-electron chi connectivity index (χ4n) is 0.908. The number of esters is 1. The molecule has 1 amide bonds. The molecule has 0 aliphatic rings. The summed E-state index contributed by atoms with van der Waals surface area (Å²) in [5.74, 6) is -1.59. The van der Waals surface area contributed by atoms with Crippen molar-refractivity contribution in [1.82, 2.24) is 10.3 Å². The molecule has 5 nitrogen and oxygen atoms in total. The van der Waals surface area contributed by atoms with Crippen LogP contribution >= 0.6 is 11.3 Å². The maximum absolute atomic E-state index is 11.1. The van der Waals surface area contributed by atoms with Crippen molar-refractivity contribution in [2.75, 3.05) is 6.61 Å². The first kappa shape index (κ1) is 11.6. The number of aromatic nitrogens is 1. The molecule has 0 bridgehead atoms. The molecule has 0 unspecified atom stereocenters. The highest BCUT2D eigenvalue weighted by Crippen LogP contribution is 2.10. The summed E-state index contributed by atoms with van der Waals surface area (Å²) in [7, 11) is 0. The Morgan fingerprint density at radius 1 is 1.60 bits per heavy atom. The highest BCUT2D eigenvalue weighted by molar-refractivity contribution is 7.11. The molecule has 0 aromatic carbocycles. The third-order valence-electron chi connectivity index (χ3n) is 1.53. The first-order chi connectivity index (χ1) is 7.13. The Morgan fingerprint density at radius 3 is 2.87 bits per heavy atom. The molecule has 1 aromatic heterocycles. The number of nitrogens with one attached hydrogen (secondary N) is 1. The van der Waals surface area contributed by atoms with Crippen molar-refractivity contribution >= 4 is 23.2 Å². The molecule has 0 radical (unpaired) electrons. The van der Waals surface area contributed by atoms with Gasteiger partial charge in [-0.05, 0) is 13.8 Å². The van der Waals surface area contributed by atoms with Crippen molar-refractivity contribution in [2.24, 2.45) is 0 Å². The summed E-state index contributed by atoms with van der Waals surface area (Å²) in [6, 6.07) is 0. The molecule has 1 heterocycles. The minimum Gasteiger partial charge on any atom is -0.459 e. The summed E-state index contributed by atoms with van der Waals surface area (Å²) < 4.78 is 4.53. The highest BCUT2D eigenvalue weighted by atomic mass is 32.1. The van der Waals surface area contributed by atoms with Crippen molar-refractivity contribution in [3.05, 3.63) is 16.1 Å². The van der Waals surface area contributed by atoms with Gasteiger partial charge in [-0.15, -0.1) is 11.3 Å². The fraction of sp³-hybridized carbons (Fsp3) is 0.444. The standard InChI is InChI=1S/C9H12N2O3S/c1-3-14-9(13)8(12)11-5-7-10-4-6(2)15-7/h4H,3,5H2,1-2H3,(H,11,12). The van der Waals surface area contributed by atoms with Crippen LogP contribution in [0.25, 0.3) is 0 Å². The van der Waals surface area contributed by atoms with Gasteiger partial charge in [0.2, 0.25) is 0 Å². The molecule has 0 atom stereocenters. The number of ether oxygens (including phenoxy) is 1. The second-order valence-corrected chi connectivity index (χ2v) is 4.09. The van der Waals surface area contributed by atoms with E-state index < -0.39 is 11.9 Å². The maximum Gasteiger partial charge on any atom is 0.396 e. The number of thiazole rings is 1. The number of amides is 1. The van der Waals surface area contributed by atoms with Crippen LogP contribution in [0.4, 0.5) is 0 Å².